The number of benzene rings is 2. The fourth-order valence-corrected chi connectivity index (χ4v) is 2.91. The number of aromatic amines is 1. The third-order valence-electron chi connectivity index (χ3n) is 3.32. The highest BCUT2D eigenvalue weighted by Gasteiger charge is 2.06. The summed E-state index contributed by atoms with van der Waals surface area (Å²) in [6.07, 6.45) is 4.94. The molecule has 0 aliphatic carbocycles. The SMILES string of the molecule is N#Cc1ccc(NSc2c[nH]cc2Cc2ccccc2)cc1. The largest absolute Gasteiger partial charge is 0.366 e. The molecule has 3 rings (SSSR count). The number of aromatic nitrogens is 1. The van der Waals surface area contributed by atoms with Crippen LogP contribution in [0.5, 0.6) is 0 Å². The van der Waals surface area contributed by atoms with E-state index in [1.165, 1.54) is 16.0 Å². The van der Waals surface area contributed by atoms with Crippen molar-refractivity contribution in [3.63, 3.8) is 0 Å². The molecule has 2 N–H and O–H groups in total. The Morgan fingerprint density at radius 2 is 1.77 bits per heavy atom. The normalized spacial score (nSPS) is 10.1. The van der Waals surface area contributed by atoms with E-state index in [4.69, 9.17) is 5.26 Å². The Balaban J connectivity index is 1.66. The van der Waals surface area contributed by atoms with Crippen molar-refractivity contribution in [1.82, 2.24) is 4.98 Å². The number of hydrogen-bond acceptors (Lipinski definition) is 3. The van der Waals surface area contributed by atoms with E-state index in [1.54, 1.807) is 11.9 Å². The molecule has 108 valence electrons. The van der Waals surface area contributed by atoms with Gasteiger partial charge >= 0.3 is 0 Å². The van der Waals surface area contributed by atoms with Crippen molar-refractivity contribution in [3.8, 4) is 6.07 Å². The summed E-state index contributed by atoms with van der Waals surface area (Å²) in [5.41, 5.74) is 4.21. The molecule has 0 saturated carbocycles. The van der Waals surface area contributed by atoms with Gasteiger partial charge < -0.3 is 9.71 Å². The molecule has 0 saturated heterocycles. The van der Waals surface area contributed by atoms with Gasteiger partial charge in [0.2, 0.25) is 0 Å². The molecule has 0 amide bonds. The summed E-state index contributed by atoms with van der Waals surface area (Å²) < 4.78 is 3.31. The van der Waals surface area contributed by atoms with Gasteiger partial charge in [-0.15, -0.1) is 0 Å². The lowest BCUT2D eigenvalue weighted by Crippen LogP contribution is -1.91. The lowest BCUT2D eigenvalue weighted by molar-refractivity contribution is 1.15. The smallest absolute Gasteiger partial charge is 0.0991 e. The molecule has 1 aromatic heterocycles. The van der Waals surface area contributed by atoms with Gasteiger partial charge in [-0.05, 0) is 47.3 Å². The summed E-state index contributed by atoms with van der Waals surface area (Å²) in [6, 6.07) is 20.0. The first-order chi connectivity index (χ1) is 10.8. The number of anilines is 1. The monoisotopic (exact) mass is 305 g/mol. The Morgan fingerprint density at radius 1 is 1.00 bits per heavy atom. The van der Waals surface area contributed by atoms with E-state index in [0.717, 1.165) is 12.1 Å². The molecule has 4 heteroatoms. The standard InChI is InChI=1S/C18H15N3S/c19-11-15-6-8-17(9-7-15)21-22-18-13-20-12-16(18)10-14-4-2-1-3-5-14/h1-9,12-13,20-21H,10H2. The average Bonchev–Trinajstić information content (AvgIpc) is 3.01. The third-order valence-corrected chi connectivity index (χ3v) is 4.26. The number of rotatable bonds is 5. The first-order valence-corrected chi connectivity index (χ1v) is 7.79. The second kappa shape index (κ2) is 6.88. The van der Waals surface area contributed by atoms with Gasteiger partial charge in [-0.3, -0.25) is 0 Å². The van der Waals surface area contributed by atoms with Gasteiger partial charge in [0, 0.05) is 29.4 Å². The molecule has 0 aliphatic heterocycles. The van der Waals surface area contributed by atoms with E-state index in [9.17, 15) is 0 Å². The summed E-state index contributed by atoms with van der Waals surface area (Å²) in [5, 5.41) is 8.81. The highest BCUT2D eigenvalue weighted by atomic mass is 32.2. The van der Waals surface area contributed by atoms with Crippen molar-refractivity contribution < 1.29 is 0 Å². The maximum absolute atomic E-state index is 8.81. The quantitative estimate of drug-likeness (QED) is 0.677. The van der Waals surface area contributed by atoms with Crippen molar-refractivity contribution in [2.24, 2.45) is 0 Å². The molecule has 0 bridgehead atoms. The van der Waals surface area contributed by atoms with Crippen LogP contribution in [0.25, 0.3) is 0 Å². The molecule has 2 aromatic carbocycles. The van der Waals surface area contributed by atoms with Gasteiger partial charge in [-0.2, -0.15) is 5.26 Å². The van der Waals surface area contributed by atoms with Crippen LogP contribution in [0.3, 0.4) is 0 Å². The summed E-state index contributed by atoms with van der Waals surface area (Å²) in [6.45, 7) is 0. The lowest BCUT2D eigenvalue weighted by atomic mass is 10.1. The second-order valence-corrected chi connectivity index (χ2v) is 5.75. The summed E-state index contributed by atoms with van der Waals surface area (Å²) in [5.74, 6) is 0. The highest BCUT2D eigenvalue weighted by Crippen LogP contribution is 2.26. The Hall–Kier alpha value is -2.64. The Kier molecular flexibility index (Phi) is 4.47. The molecule has 22 heavy (non-hydrogen) atoms. The maximum Gasteiger partial charge on any atom is 0.0991 e. The van der Waals surface area contributed by atoms with Crippen molar-refractivity contribution >= 4 is 17.6 Å². The molecule has 1 heterocycles. The summed E-state index contributed by atoms with van der Waals surface area (Å²) in [4.78, 5) is 4.34. The van der Waals surface area contributed by atoms with E-state index < -0.39 is 0 Å². The van der Waals surface area contributed by atoms with E-state index >= 15 is 0 Å². The molecule has 0 atom stereocenters. The van der Waals surface area contributed by atoms with E-state index in [1.807, 2.05) is 42.7 Å². The number of nitrogens with zero attached hydrogens (tertiary/aromatic N) is 1. The summed E-state index contributed by atoms with van der Waals surface area (Å²) in [7, 11) is 0. The zero-order valence-electron chi connectivity index (χ0n) is 11.9. The van der Waals surface area contributed by atoms with Gasteiger partial charge in [0.1, 0.15) is 0 Å². The average molecular weight is 305 g/mol. The van der Waals surface area contributed by atoms with Crippen LogP contribution in [-0.2, 0) is 6.42 Å². The first-order valence-electron chi connectivity index (χ1n) is 6.98. The predicted octanol–water partition coefficient (Wildman–Crippen LogP) is 4.60. The second-order valence-electron chi connectivity index (χ2n) is 4.90. The van der Waals surface area contributed by atoms with Crippen LogP contribution < -0.4 is 4.72 Å². The van der Waals surface area contributed by atoms with Crippen LogP contribution >= 0.6 is 11.9 Å². The van der Waals surface area contributed by atoms with Crippen molar-refractivity contribution in [2.75, 3.05) is 4.72 Å². The lowest BCUT2D eigenvalue weighted by Gasteiger charge is -2.06. The Morgan fingerprint density at radius 3 is 2.50 bits per heavy atom. The molecule has 0 fully saturated rings. The minimum absolute atomic E-state index is 0.668. The van der Waals surface area contributed by atoms with Crippen molar-refractivity contribution in [2.45, 2.75) is 11.3 Å². The van der Waals surface area contributed by atoms with E-state index in [-0.39, 0.29) is 0 Å². The molecular formula is C18H15N3S. The fraction of sp³-hybridized carbons (Fsp3) is 0.0556. The van der Waals surface area contributed by atoms with Gasteiger partial charge in [-0.25, -0.2) is 0 Å². The van der Waals surface area contributed by atoms with E-state index in [0.29, 0.717) is 5.56 Å². The van der Waals surface area contributed by atoms with Crippen LogP contribution in [0.1, 0.15) is 16.7 Å². The number of hydrogen-bond donors (Lipinski definition) is 2. The van der Waals surface area contributed by atoms with Crippen molar-refractivity contribution in [3.05, 3.63) is 83.7 Å². The topological polar surface area (TPSA) is 51.6 Å². The maximum atomic E-state index is 8.81. The number of nitrogens with one attached hydrogen (secondary N) is 2. The van der Waals surface area contributed by atoms with Crippen LogP contribution in [0.4, 0.5) is 5.69 Å². The molecule has 0 radical (unpaired) electrons. The fourth-order valence-electron chi connectivity index (χ4n) is 2.16. The van der Waals surface area contributed by atoms with Gasteiger partial charge in [-0.1, -0.05) is 30.3 Å². The van der Waals surface area contributed by atoms with Gasteiger partial charge in [0.05, 0.1) is 11.6 Å². The van der Waals surface area contributed by atoms with Crippen LogP contribution in [0.2, 0.25) is 0 Å². The number of H-pyrrole nitrogens is 1. The number of nitriles is 1. The van der Waals surface area contributed by atoms with Gasteiger partial charge in [0.25, 0.3) is 0 Å². The Bertz CT molecular complexity index is 770. The highest BCUT2D eigenvalue weighted by molar-refractivity contribution is 8.00. The molecule has 0 unspecified atom stereocenters. The molecule has 3 aromatic rings. The molecule has 0 aliphatic rings. The minimum Gasteiger partial charge on any atom is -0.366 e. The zero-order valence-corrected chi connectivity index (χ0v) is 12.7. The van der Waals surface area contributed by atoms with E-state index in [2.05, 4.69) is 40.0 Å². The first kappa shape index (κ1) is 14.3. The van der Waals surface area contributed by atoms with Gasteiger partial charge in [0.15, 0.2) is 0 Å². The van der Waals surface area contributed by atoms with Crippen LogP contribution in [0.15, 0.2) is 71.9 Å². The van der Waals surface area contributed by atoms with Crippen LogP contribution in [0, 0.1) is 11.3 Å². The van der Waals surface area contributed by atoms with Crippen molar-refractivity contribution in [1.29, 1.82) is 5.26 Å². The minimum atomic E-state index is 0.668. The summed E-state index contributed by atoms with van der Waals surface area (Å²) >= 11 is 1.58. The third kappa shape index (κ3) is 3.51. The molecule has 0 spiro atoms. The molecule has 3 nitrogen and oxygen atoms in total. The Labute approximate surface area is 134 Å². The predicted molar refractivity (Wildman–Crippen MR) is 90.7 cm³/mol. The molecular weight excluding hydrogens is 290 g/mol. The van der Waals surface area contributed by atoms with Crippen LogP contribution in [-0.4, -0.2) is 4.98 Å². The zero-order chi connectivity index (χ0) is 15.2.